The average molecular weight is 336 g/mol. The van der Waals surface area contributed by atoms with Crippen molar-refractivity contribution in [2.45, 2.75) is 18.6 Å². The number of aliphatic hydroxyl groups excluding tert-OH is 1. The van der Waals surface area contributed by atoms with Crippen molar-refractivity contribution in [2.24, 2.45) is 0 Å². The van der Waals surface area contributed by atoms with Crippen molar-refractivity contribution >= 4 is 22.5 Å². The quantitative estimate of drug-likeness (QED) is 0.578. The first-order valence-electron chi connectivity index (χ1n) is 7.57. The molecule has 1 atom stereocenters. The minimum atomic E-state index is -2.83. The van der Waals surface area contributed by atoms with Crippen LogP contribution >= 0.6 is 0 Å². The molecule has 2 heterocycles. The molecule has 1 aliphatic heterocycles. The van der Waals surface area contributed by atoms with Gasteiger partial charge in [0.1, 0.15) is 6.23 Å². The van der Waals surface area contributed by atoms with Crippen LogP contribution in [-0.4, -0.2) is 46.5 Å². The van der Waals surface area contributed by atoms with Gasteiger partial charge in [0, 0.05) is 35.8 Å². The van der Waals surface area contributed by atoms with Gasteiger partial charge in [-0.05, 0) is 24.3 Å². The molecule has 1 amide bonds. The van der Waals surface area contributed by atoms with Gasteiger partial charge in [0.15, 0.2) is 0 Å². The largest absolute Gasteiger partial charge is 0.399 e. The highest BCUT2D eigenvalue weighted by atomic mass is 19.3. The van der Waals surface area contributed by atoms with E-state index >= 15 is 0 Å². The summed E-state index contributed by atoms with van der Waals surface area (Å²) in [5, 5.41) is 13.6. The lowest BCUT2D eigenvalue weighted by atomic mass is 10.1. The molecule has 0 spiro atoms. The number of amides is 1. The third-order valence-electron chi connectivity index (χ3n) is 4.06. The Morgan fingerprint density at radius 1 is 1.46 bits per heavy atom. The van der Waals surface area contributed by atoms with Crippen molar-refractivity contribution in [3.05, 3.63) is 36.0 Å². The second kappa shape index (κ2) is 6.29. The molecule has 0 radical (unpaired) electrons. The Bertz CT molecular complexity index is 769. The van der Waals surface area contributed by atoms with E-state index in [0.717, 1.165) is 4.90 Å². The number of nitrogens with two attached hydrogens (primary N) is 1. The highest BCUT2D eigenvalue weighted by Gasteiger charge is 2.40. The number of fused-ring (bicyclic) bond motifs is 1. The van der Waals surface area contributed by atoms with E-state index in [4.69, 9.17) is 5.73 Å². The first-order chi connectivity index (χ1) is 11.4. The zero-order valence-electron chi connectivity index (χ0n) is 12.9. The monoisotopic (exact) mass is 336 g/mol. The number of pyridine rings is 1. The van der Waals surface area contributed by atoms with Crippen LogP contribution in [0.15, 0.2) is 30.5 Å². The van der Waals surface area contributed by atoms with Crippen LogP contribution in [0, 0.1) is 0 Å². The SMILES string of the molecule is Nc1ccc2nccc(C(O)NCC(=O)N3CCC(F)(F)C3)c2c1. The standard InChI is InChI=1S/C16H18F2N4O2/c17-16(18)4-6-22(9-16)14(23)8-21-15(24)11-3-5-20-13-2-1-10(19)7-12(11)13/h1-3,5,7,15,21,24H,4,6,8-9,19H2. The van der Waals surface area contributed by atoms with Gasteiger partial charge >= 0.3 is 0 Å². The number of anilines is 1. The molecule has 128 valence electrons. The van der Waals surface area contributed by atoms with Gasteiger partial charge in [-0.25, -0.2) is 8.78 Å². The average Bonchev–Trinajstić information content (AvgIpc) is 2.91. The van der Waals surface area contributed by atoms with Gasteiger partial charge in [0.25, 0.3) is 5.92 Å². The molecule has 0 aliphatic carbocycles. The minimum Gasteiger partial charge on any atom is -0.399 e. The molecule has 1 saturated heterocycles. The van der Waals surface area contributed by atoms with Crippen LogP contribution in [0.5, 0.6) is 0 Å². The van der Waals surface area contributed by atoms with E-state index in [1.54, 1.807) is 30.5 Å². The molecule has 24 heavy (non-hydrogen) atoms. The summed E-state index contributed by atoms with van der Waals surface area (Å²) in [6.07, 6.45) is 0.0846. The van der Waals surface area contributed by atoms with E-state index in [9.17, 15) is 18.7 Å². The Morgan fingerprint density at radius 3 is 2.96 bits per heavy atom. The molecule has 6 nitrogen and oxygen atoms in total. The van der Waals surface area contributed by atoms with Gasteiger partial charge in [-0.3, -0.25) is 15.1 Å². The van der Waals surface area contributed by atoms with Crippen LogP contribution < -0.4 is 11.1 Å². The van der Waals surface area contributed by atoms with Crippen LogP contribution in [0.4, 0.5) is 14.5 Å². The summed E-state index contributed by atoms with van der Waals surface area (Å²) in [4.78, 5) is 17.3. The lowest BCUT2D eigenvalue weighted by Gasteiger charge is -2.19. The second-order valence-corrected chi connectivity index (χ2v) is 5.88. The number of hydrogen-bond acceptors (Lipinski definition) is 5. The first-order valence-corrected chi connectivity index (χ1v) is 7.57. The number of nitrogens with zero attached hydrogens (tertiary/aromatic N) is 2. The molecule has 4 N–H and O–H groups in total. The first kappa shape index (κ1) is 16.5. The number of nitrogens with one attached hydrogen (secondary N) is 1. The Balaban J connectivity index is 1.68. The number of rotatable bonds is 4. The van der Waals surface area contributed by atoms with Crippen LogP contribution in [0.2, 0.25) is 0 Å². The fraction of sp³-hybridized carbons (Fsp3) is 0.375. The summed E-state index contributed by atoms with van der Waals surface area (Å²) in [6.45, 7) is -0.778. The Hall–Kier alpha value is -2.32. The third-order valence-corrected chi connectivity index (χ3v) is 4.06. The molecule has 0 saturated carbocycles. The van der Waals surface area contributed by atoms with Gasteiger partial charge in [-0.15, -0.1) is 0 Å². The van der Waals surface area contributed by atoms with E-state index in [-0.39, 0.29) is 19.5 Å². The Labute approximate surface area is 137 Å². The summed E-state index contributed by atoms with van der Waals surface area (Å²) >= 11 is 0. The Kier molecular flexibility index (Phi) is 4.33. The van der Waals surface area contributed by atoms with Crippen molar-refractivity contribution in [3.8, 4) is 0 Å². The molecule has 1 aromatic heterocycles. The maximum Gasteiger partial charge on any atom is 0.267 e. The Morgan fingerprint density at radius 2 is 2.25 bits per heavy atom. The van der Waals surface area contributed by atoms with Crippen LogP contribution in [0.1, 0.15) is 18.2 Å². The maximum absolute atomic E-state index is 13.1. The smallest absolute Gasteiger partial charge is 0.267 e. The number of carbonyl (C=O) groups is 1. The number of likely N-dealkylation sites (tertiary alicyclic amines) is 1. The summed E-state index contributed by atoms with van der Waals surface area (Å²) < 4.78 is 26.3. The number of benzene rings is 1. The summed E-state index contributed by atoms with van der Waals surface area (Å²) in [7, 11) is 0. The zero-order valence-corrected chi connectivity index (χ0v) is 12.9. The number of hydrogen-bond donors (Lipinski definition) is 3. The van der Waals surface area contributed by atoms with E-state index < -0.39 is 24.6 Å². The number of halogens is 2. The van der Waals surface area contributed by atoms with E-state index in [1.807, 2.05) is 0 Å². The van der Waals surface area contributed by atoms with Gasteiger partial charge in [-0.1, -0.05) is 0 Å². The predicted octanol–water partition coefficient (Wildman–Crippen LogP) is 1.27. The molecule has 3 rings (SSSR count). The summed E-state index contributed by atoms with van der Waals surface area (Å²) in [5.74, 6) is -3.29. The number of alkyl halides is 2. The molecule has 0 bridgehead atoms. The van der Waals surface area contributed by atoms with E-state index in [0.29, 0.717) is 22.2 Å². The molecule has 2 aromatic rings. The third kappa shape index (κ3) is 3.44. The minimum absolute atomic E-state index is 0.0261. The predicted molar refractivity (Wildman–Crippen MR) is 85.3 cm³/mol. The molecule has 1 aromatic carbocycles. The zero-order chi connectivity index (χ0) is 17.3. The van der Waals surface area contributed by atoms with Crippen molar-refractivity contribution in [2.75, 3.05) is 25.4 Å². The highest BCUT2D eigenvalue weighted by Crippen LogP contribution is 2.27. The number of nitrogen functional groups attached to an aromatic ring is 1. The van der Waals surface area contributed by atoms with Crippen molar-refractivity contribution < 1.29 is 18.7 Å². The number of carbonyl (C=O) groups excluding carboxylic acids is 1. The fourth-order valence-corrected chi connectivity index (χ4v) is 2.78. The van der Waals surface area contributed by atoms with Crippen molar-refractivity contribution in [3.63, 3.8) is 0 Å². The number of aromatic nitrogens is 1. The van der Waals surface area contributed by atoms with Crippen molar-refractivity contribution in [1.82, 2.24) is 15.2 Å². The van der Waals surface area contributed by atoms with Crippen LogP contribution in [0.25, 0.3) is 10.9 Å². The molecular formula is C16H18F2N4O2. The molecule has 1 fully saturated rings. The van der Waals surface area contributed by atoms with Gasteiger partial charge in [0.05, 0.1) is 18.6 Å². The summed E-state index contributed by atoms with van der Waals surface area (Å²) in [6, 6.07) is 6.74. The lowest BCUT2D eigenvalue weighted by Crippen LogP contribution is -2.39. The molecule has 8 heteroatoms. The van der Waals surface area contributed by atoms with Crippen LogP contribution in [-0.2, 0) is 4.79 Å². The lowest BCUT2D eigenvalue weighted by molar-refractivity contribution is -0.131. The maximum atomic E-state index is 13.1. The van der Waals surface area contributed by atoms with Crippen molar-refractivity contribution in [1.29, 1.82) is 0 Å². The highest BCUT2D eigenvalue weighted by molar-refractivity contribution is 5.85. The second-order valence-electron chi connectivity index (χ2n) is 5.88. The topological polar surface area (TPSA) is 91.5 Å². The van der Waals surface area contributed by atoms with Crippen LogP contribution in [0.3, 0.4) is 0 Å². The van der Waals surface area contributed by atoms with Gasteiger partial charge in [-0.2, -0.15) is 0 Å². The molecule has 1 aliphatic rings. The van der Waals surface area contributed by atoms with E-state index in [1.165, 1.54) is 0 Å². The molecular weight excluding hydrogens is 318 g/mol. The van der Waals surface area contributed by atoms with Gasteiger partial charge in [0.2, 0.25) is 5.91 Å². The number of aliphatic hydroxyl groups is 1. The fourth-order valence-electron chi connectivity index (χ4n) is 2.78. The summed E-state index contributed by atoms with van der Waals surface area (Å²) in [5.41, 5.74) is 7.47. The van der Waals surface area contributed by atoms with Gasteiger partial charge < -0.3 is 15.7 Å². The normalized spacial score (nSPS) is 18.0. The molecule has 1 unspecified atom stereocenters. The van der Waals surface area contributed by atoms with E-state index in [2.05, 4.69) is 10.3 Å².